The van der Waals surface area contributed by atoms with Crippen molar-refractivity contribution in [3.63, 3.8) is 0 Å². The number of nitrogens with zero attached hydrogens (tertiary/aromatic N) is 2. The average Bonchev–Trinajstić information content (AvgIpc) is 3.11. The largest absolute Gasteiger partial charge is 0.472 e. The molecule has 6 heteroatoms. The summed E-state index contributed by atoms with van der Waals surface area (Å²) < 4.78 is 4.94. The maximum Gasteiger partial charge on any atom is 0.257 e. The number of amides is 2. The van der Waals surface area contributed by atoms with Gasteiger partial charge in [-0.1, -0.05) is 29.8 Å². The molecule has 2 aromatic rings. The highest BCUT2D eigenvalue weighted by atomic mass is 35.5. The van der Waals surface area contributed by atoms with Gasteiger partial charge >= 0.3 is 0 Å². The third-order valence-electron chi connectivity index (χ3n) is 3.99. The molecular formula is C17H17ClN2O3. The molecule has 1 aromatic carbocycles. The summed E-state index contributed by atoms with van der Waals surface area (Å²) in [6.45, 7) is 2.12. The first-order chi connectivity index (χ1) is 11.1. The molecule has 120 valence electrons. The van der Waals surface area contributed by atoms with Gasteiger partial charge in [0, 0.05) is 31.2 Å². The highest BCUT2D eigenvalue weighted by Gasteiger charge is 2.25. The number of halogens is 1. The lowest BCUT2D eigenvalue weighted by Crippen LogP contribution is -2.50. The number of rotatable bonds is 3. The monoisotopic (exact) mass is 332 g/mol. The molecule has 0 atom stereocenters. The molecule has 0 unspecified atom stereocenters. The predicted molar refractivity (Wildman–Crippen MR) is 86.3 cm³/mol. The molecule has 0 saturated carbocycles. The molecule has 1 aliphatic rings. The summed E-state index contributed by atoms with van der Waals surface area (Å²) in [5.74, 6) is -0.0227. The molecule has 3 rings (SSSR count). The second-order valence-corrected chi connectivity index (χ2v) is 5.86. The third kappa shape index (κ3) is 3.56. The van der Waals surface area contributed by atoms with Crippen molar-refractivity contribution in [2.45, 2.75) is 6.42 Å². The molecule has 0 N–H and O–H groups in total. The first kappa shape index (κ1) is 15.6. The highest BCUT2D eigenvalue weighted by Crippen LogP contribution is 2.17. The van der Waals surface area contributed by atoms with E-state index in [1.807, 2.05) is 18.2 Å². The summed E-state index contributed by atoms with van der Waals surface area (Å²) in [5, 5.41) is 0.606. The molecule has 0 spiro atoms. The standard InChI is InChI=1S/C17H17ClN2O3/c18-15-4-2-1-3-13(15)11-16(21)19-6-8-20(9-7-19)17(22)14-5-10-23-12-14/h1-5,10,12H,6-9,11H2. The second-order valence-electron chi connectivity index (χ2n) is 5.45. The topological polar surface area (TPSA) is 53.8 Å². The first-order valence-electron chi connectivity index (χ1n) is 7.48. The van der Waals surface area contributed by atoms with Crippen LogP contribution in [-0.4, -0.2) is 47.8 Å². The van der Waals surface area contributed by atoms with Crippen molar-refractivity contribution in [2.75, 3.05) is 26.2 Å². The van der Waals surface area contributed by atoms with E-state index in [1.165, 1.54) is 12.5 Å². The lowest BCUT2D eigenvalue weighted by molar-refractivity contribution is -0.131. The number of hydrogen-bond donors (Lipinski definition) is 0. The van der Waals surface area contributed by atoms with Crippen LogP contribution in [0, 0.1) is 0 Å². The third-order valence-corrected chi connectivity index (χ3v) is 4.36. The van der Waals surface area contributed by atoms with E-state index in [1.54, 1.807) is 21.9 Å². The zero-order valence-corrected chi connectivity index (χ0v) is 13.3. The van der Waals surface area contributed by atoms with Crippen LogP contribution < -0.4 is 0 Å². The molecule has 1 aromatic heterocycles. The van der Waals surface area contributed by atoms with Crippen molar-refractivity contribution < 1.29 is 14.0 Å². The van der Waals surface area contributed by atoms with Crippen molar-refractivity contribution >= 4 is 23.4 Å². The van der Waals surface area contributed by atoms with Crippen LogP contribution in [0.4, 0.5) is 0 Å². The lowest BCUT2D eigenvalue weighted by Gasteiger charge is -2.34. The van der Waals surface area contributed by atoms with E-state index in [4.69, 9.17) is 16.0 Å². The normalized spacial score (nSPS) is 14.8. The fourth-order valence-electron chi connectivity index (χ4n) is 2.64. The van der Waals surface area contributed by atoms with E-state index < -0.39 is 0 Å². The summed E-state index contributed by atoms with van der Waals surface area (Å²) in [4.78, 5) is 28.1. The fraction of sp³-hybridized carbons (Fsp3) is 0.294. The molecule has 1 fully saturated rings. The Balaban J connectivity index is 1.55. The number of carbonyl (C=O) groups excluding carboxylic acids is 2. The smallest absolute Gasteiger partial charge is 0.257 e. The molecule has 2 heterocycles. The van der Waals surface area contributed by atoms with Crippen molar-refractivity contribution in [2.24, 2.45) is 0 Å². The Labute approximate surface area is 139 Å². The zero-order valence-electron chi connectivity index (χ0n) is 12.6. The van der Waals surface area contributed by atoms with Gasteiger partial charge in [-0.15, -0.1) is 0 Å². The molecule has 0 bridgehead atoms. The van der Waals surface area contributed by atoms with Crippen LogP contribution in [0.1, 0.15) is 15.9 Å². The van der Waals surface area contributed by atoms with Crippen LogP contribution in [-0.2, 0) is 11.2 Å². The van der Waals surface area contributed by atoms with Crippen LogP contribution in [0.25, 0.3) is 0 Å². The summed E-state index contributed by atoms with van der Waals surface area (Å²) in [6.07, 6.45) is 3.21. The minimum atomic E-state index is -0.0584. The minimum absolute atomic E-state index is 0.0357. The van der Waals surface area contributed by atoms with Gasteiger partial charge in [0.05, 0.1) is 18.2 Å². The Morgan fingerprint density at radius 1 is 1.04 bits per heavy atom. The Kier molecular flexibility index (Phi) is 4.67. The lowest BCUT2D eigenvalue weighted by atomic mass is 10.1. The van der Waals surface area contributed by atoms with Gasteiger partial charge in [-0.05, 0) is 17.7 Å². The van der Waals surface area contributed by atoms with Crippen LogP contribution in [0.3, 0.4) is 0 Å². The van der Waals surface area contributed by atoms with Gasteiger partial charge in [0.2, 0.25) is 5.91 Å². The van der Waals surface area contributed by atoms with Gasteiger partial charge in [0.1, 0.15) is 6.26 Å². The van der Waals surface area contributed by atoms with Gasteiger partial charge in [-0.3, -0.25) is 9.59 Å². The van der Waals surface area contributed by atoms with E-state index in [0.717, 1.165) is 5.56 Å². The molecule has 1 aliphatic heterocycles. The van der Waals surface area contributed by atoms with E-state index in [2.05, 4.69) is 0 Å². The molecule has 1 saturated heterocycles. The second kappa shape index (κ2) is 6.87. The minimum Gasteiger partial charge on any atom is -0.472 e. The molecule has 2 amide bonds. The van der Waals surface area contributed by atoms with Crippen molar-refractivity contribution in [1.29, 1.82) is 0 Å². The molecule has 5 nitrogen and oxygen atoms in total. The maximum absolute atomic E-state index is 12.4. The van der Waals surface area contributed by atoms with Crippen LogP contribution in [0.15, 0.2) is 47.3 Å². The number of piperazine rings is 1. The molecule has 23 heavy (non-hydrogen) atoms. The van der Waals surface area contributed by atoms with Crippen LogP contribution in [0.2, 0.25) is 5.02 Å². The van der Waals surface area contributed by atoms with Gasteiger partial charge < -0.3 is 14.2 Å². The van der Waals surface area contributed by atoms with E-state index >= 15 is 0 Å². The Morgan fingerprint density at radius 3 is 2.39 bits per heavy atom. The van der Waals surface area contributed by atoms with E-state index in [-0.39, 0.29) is 18.2 Å². The van der Waals surface area contributed by atoms with Gasteiger partial charge in [0.25, 0.3) is 5.91 Å². The van der Waals surface area contributed by atoms with Gasteiger partial charge in [0.15, 0.2) is 0 Å². The van der Waals surface area contributed by atoms with Crippen LogP contribution in [0.5, 0.6) is 0 Å². The van der Waals surface area contributed by atoms with Crippen LogP contribution >= 0.6 is 11.6 Å². The summed E-state index contributed by atoms with van der Waals surface area (Å²) in [5.41, 5.74) is 1.37. The Bertz CT molecular complexity index is 692. The number of carbonyl (C=O) groups is 2. The highest BCUT2D eigenvalue weighted by molar-refractivity contribution is 6.31. The molecule has 0 radical (unpaired) electrons. The average molecular weight is 333 g/mol. The van der Waals surface area contributed by atoms with Gasteiger partial charge in [-0.2, -0.15) is 0 Å². The van der Waals surface area contributed by atoms with Crippen molar-refractivity contribution in [3.8, 4) is 0 Å². The summed E-state index contributed by atoms with van der Waals surface area (Å²) >= 11 is 6.10. The molecule has 0 aliphatic carbocycles. The zero-order chi connectivity index (χ0) is 16.2. The van der Waals surface area contributed by atoms with E-state index in [9.17, 15) is 9.59 Å². The van der Waals surface area contributed by atoms with Crippen molar-refractivity contribution in [3.05, 3.63) is 59.0 Å². The van der Waals surface area contributed by atoms with Crippen molar-refractivity contribution in [1.82, 2.24) is 9.80 Å². The fourth-order valence-corrected chi connectivity index (χ4v) is 2.85. The number of furan rings is 1. The maximum atomic E-state index is 12.4. The SMILES string of the molecule is O=C(Cc1ccccc1Cl)N1CCN(C(=O)c2ccoc2)CC1. The Hall–Kier alpha value is -2.27. The quantitative estimate of drug-likeness (QED) is 0.867. The first-order valence-corrected chi connectivity index (χ1v) is 7.85. The number of benzene rings is 1. The summed E-state index contributed by atoms with van der Waals surface area (Å²) in [7, 11) is 0. The molecular weight excluding hydrogens is 316 g/mol. The van der Waals surface area contributed by atoms with Gasteiger partial charge in [-0.25, -0.2) is 0 Å². The number of hydrogen-bond acceptors (Lipinski definition) is 3. The summed E-state index contributed by atoms with van der Waals surface area (Å²) in [6, 6.07) is 9.01. The van der Waals surface area contributed by atoms with E-state index in [0.29, 0.717) is 36.8 Å². The Morgan fingerprint density at radius 2 is 1.74 bits per heavy atom. The predicted octanol–water partition coefficient (Wildman–Crippen LogP) is 2.46.